The molecular formula is C17H15N5O3. The van der Waals surface area contributed by atoms with Crippen molar-refractivity contribution in [1.29, 1.82) is 0 Å². The summed E-state index contributed by atoms with van der Waals surface area (Å²) in [7, 11) is 0. The van der Waals surface area contributed by atoms with Gasteiger partial charge < -0.3 is 15.6 Å². The summed E-state index contributed by atoms with van der Waals surface area (Å²) in [5.41, 5.74) is 7.56. The van der Waals surface area contributed by atoms with E-state index < -0.39 is 5.91 Å². The van der Waals surface area contributed by atoms with Crippen molar-refractivity contribution in [1.82, 2.24) is 20.1 Å². The van der Waals surface area contributed by atoms with E-state index in [1.165, 1.54) is 6.07 Å². The zero-order chi connectivity index (χ0) is 17.6. The lowest BCUT2D eigenvalue weighted by Crippen LogP contribution is -2.37. The molecule has 0 radical (unpaired) electrons. The van der Waals surface area contributed by atoms with Crippen molar-refractivity contribution < 1.29 is 9.59 Å². The normalized spacial score (nSPS) is 13.7. The van der Waals surface area contributed by atoms with Crippen LogP contribution in [0.3, 0.4) is 0 Å². The second-order valence-electron chi connectivity index (χ2n) is 5.96. The van der Waals surface area contributed by atoms with Gasteiger partial charge in [-0.05, 0) is 6.07 Å². The molecule has 4 rings (SSSR count). The minimum atomic E-state index is -0.631. The number of carbonyl (C=O) groups is 2. The van der Waals surface area contributed by atoms with E-state index in [2.05, 4.69) is 15.2 Å². The number of benzene rings is 1. The lowest BCUT2D eigenvalue weighted by Gasteiger charge is -2.27. The number of nitrogens with two attached hydrogens (primary N) is 1. The van der Waals surface area contributed by atoms with Crippen molar-refractivity contribution in [2.75, 3.05) is 6.54 Å². The first-order chi connectivity index (χ1) is 12.0. The van der Waals surface area contributed by atoms with E-state index in [-0.39, 0.29) is 23.7 Å². The van der Waals surface area contributed by atoms with Crippen LogP contribution < -0.4 is 11.3 Å². The van der Waals surface area contributed by atoms with Gasteiger partial charge in [-0.15, -0.1) is 0 Å². The Morgan fingerprint density at radius 3 is 2.84 bits per heavy atom. The van der Waals surface area contributed by atoms with Crippen LogP contribution in [0.5, 0.6) is 0 Å². The lowest BCUT2D eigenvalue weighted by atomic mass is 10.0. The molecule has 2 aromatic heterocycles. The number of pyridine rings is 1. The van der Waals surface area contributed by atoms with Crippen LogP contribution >= 0.6 is 0 Å². The van der Waals surface area contributed by atoms with E-state index in [0.717, 1.165) is 5.69 Å². The molecule has 3 aromatic rings. The minimum Gasteiger partial charge on any atom is -0.364 e. The fraction of sp³-hybridized carbons (Fsp3) is 0.176. The first-order valence-corrected chi connectivity index (χ1v) is 7.82. The third kappa shape index (κ3) is 2.47. The Hall–Kier alpha value is -3.42. The van der Waals surface area contributed by atoms with Gasteiger partial charge in [-0.2, -0.15) is 5.10 Å². The highest BCUT2D eigenvalue weighted by atomic mass is 16.2. The van der Waals surface area contributed by atoms with Crippen LogP contribution in [0.1, 0.15) is 32.1 Å². The smallest absolute Gasteiger partial charge is 0.269 e. The van der Waals surface area contributed by atoms with Crippen molar-refractivity contribution in [3.63, 3.8) is 0 Å². The average molecular weight is 337 g/mol. The molecule has 1 aliphatic rings. The monoisotopic (exact) mass is 337 g/mol. The number of carbonyl (C=O) groups excluding carboxylic acids is 2. The van der Waals surface area contributed by atoms with E-state index >= 15 is 0 Å². The highest BCUT2D eigenvalue weighted by Crippen LogP contribution is 2.23. The summed E-state index contributed by atoms with van der Waals surface area (Å²) in [5.74, 6) is -0.891. The van der Waals surface area contributed by atoms with Gasteiger partial charge in [0.15, 0.2) is 5.69 Å². The standard InChI is InChI=1S/C17H15N5O3/c18-16(24)15-11-8-22(6-5-13(11)20-21-15)17(25)10-7-14(23)19-12-4-2-1-3-9(10)12/h1-4,7H,5-6,8H2,(H2,18,24)(H,19,23)(H,20,21). The molecule has 2 amide bonds. The maximum Gasteiger partial charge on any atom is 0.269 e. The molecule has 126 valence electrons. The molecule has 0 aliphatic carbocycles. The molecule has 0 spiro atoms. The lowest BCUT2D eigenvalue weighted by molar-refractivity contribution is 0.0733. The quantitative estimate of drug-likeness (QED) is 0.631. The maximum absolute atomic E-state index is 13.0. The van der Waals surface area contributed by atoms with Crippen molar-refractivity contribution >= 4 is 22.7 Å². The summed E-state index contributed by atoms with van der Waals surface area (Å²) in [6, 6.07) is 8.46. The van der Waals surface area contributed by atoms with Crippen molar-refractivity contribution in [3.05, 3.63) is 63.2 Å². The van der Waals surface area contributed by atoms with E-state index in [1.807, 2.05) is 6.07 Å². The molecule has 1 aromatic carbocycles. The first-order valence-electron chi connectivity index (χ1n) is 7.82. The molecule has 0 saturated heterocycles. The predicted molar refractivity (Wildman–Crippen MR) is 90.1 cm³/mol. The van der Waals surface area contributed by atoms with Crippen molar-refractivity contribution in [2.45, 2.75) is 13.0 Å². The number of rotatable bonds is 2. The molecule has 8 nitrogen and oxygen atoms in total. The zero-order valence-corrected chi connectivity index (χ0v) is 13.2. The number of amides is 2. The summed E-state index contributed by atoms with van der Waals surface area (Å²) in [6.45, 7) is 0.692. The summed E-state index contributed by atoms with van der Waals surface area (Å²) in [4.78, 5) is 40.7. The third-order valence-corrected chi connectivity index (χ3v) is 4.44. The van der Waals surface area contributed by atoms with Crippen molar-refractivity contribution in [2.24, 2.45) is 5.73 Å². The Morgan fingerprint density at radius 1 is 1.24 bits per heavy atom. The number of primary amides is 1. The van der Waals surface area contributed by atoms with Gasteiger partial charge in [0.25, 0.3) is 11.8 Å². The Kier molecular flexibility index (Phi) is 3.38. The largest absolute Gasteiger partial charge is 0.364 e. The number of H-pyrrole nitrogens is 2. The first kappa shape index (κ1) is 15.1. The van der Waals surface area contributed by atoms with Crippen molar-refractivity contribution in [3.8, 4) is 0 Å². The van der Waals surface area contributed by atoms with E-state index in [1.54, 1.807) is 23.1 Å². The van der Waals surface area contributed by atoms with Gasteiger partial charge in [-0.1, -0.05) is 18.2 Å². The van der Waals surface area contributed by atoms with Crippen LogP contribution in [0.2, 0.25) is 0 Å². The average Bonchev–Trinajstić information content (AvgIpc) is 3.03. The fourth-order valence-corrected chi connectivity index (χ4v) is 3.22. The molecule has 8 heteroatoms. The molecule has 0 fully saturated rings. The molecule has 0 atom stereocenters. The molecule has 3 heterocycles. The third-order valence-electron chi connectivity index (χ3n) is 4.44. The van der Waals surface area contributed by atoms with Gasteiger partial charge in [0.2, 0.25) is 5.56 Å². The number of fused-ring (bicyclic) bond motifs is 2. The van der Waals surface area contributed by atoms with Crippen LogP contribution in [0.4, 0.5) is 0 Å². The van der Waals surface area contributed by atoms with E-state index in [9.17, 15) is 14.4 Å². The van der Waals surface area contributed by atoms with Crippen LogP contribution in [0, 0.1) is 0 Å². The molecular weight excluding hydrogens is 322 g/mol. The van der Waals surface area contributed by atoms with Gasteiger partial charge in [-0.25, -0.2) is 0 Å². The second kappa shape index (κ2) is 5.59. The Balaban J connectivity index is 1.74. The zero-order valence-electron chi connectivity index (χ0n) is 13.2. The van der Waals surface area contributed by atoms with E-state index in [4.69, 9.17) is 5.73 Å². The molecule has 25 heavy (non-hydrogen) atoms. The second-order valence-corrected chi connectivity index (χ2v) is 5.96. The SMILES string of the molecule is NC(=O)c1n[nH]c2c1CN(C(=O)c1cc(=O)[nH]c3ccccc13)CC2. The highest BCUT2D eigenvalue weighted by Gasteiger charge is 2.28. The van der Waals surface area contributed by atoms with Gasteiger partial charge >= 0.3 is 0 Å². The van der Waals surface area contributed by atoms with Gasteiger partial charge in [-0.3, -0.25) is 19.5 Å². The number of nitrogens with one attached hydrogen (secondary N) is 2. The van der Waals surface area contributed by atoms with Crippen LogP contribution in [-0.4, -0.2) is 38.4 Å². The number of hydrogen-bond donors (Lipinski definition) is 3. The number of aromatic amines is 2. The molecule has 1 aliphatic heterocycles. The summed E-state index contributed by atoms with van der Waals surface area (Å²) in [5, 5.41) is 7.42. The molecule has 0 saturated carbocycles. The number of aromatic nitrogens is 3. The maximum atomic E-state index is 13.0. The Morgan fingerprint density at radius 2 is 2.04 bits per heavy atom. The van der Waals surface area contributed by atoms with Crippen LogP contribution in [0.25, 0.3) is 10.9 Å². The van der Waals surface area contributed by atoms with Crippen LogP contribution in [-0.2, 0) is 13.0 Å². The topological polar surface area (TPSA) is 125 Å². The molecule has 0 bridgehead atoms. The Labute approximate surface area is 141 Å². The summed E-state index contributed by atoms with van der Waals surface area (Å²) in [6.07, 6.45) is 0.544. The molecule has 0 unspecified atom stereocenters. The summed E-state index contributed by atoms with van der Waals surface area (Å²) < 4.78 is 0. The van der Waals surface area contributed by atoms with Crippen LogP contribution in [0.15, 0.2) is 35.1 Å². The number of nitrogens with zero attached hydrogens (tertiary/aromatic N) is 2. The molecule has 4 N–H and O–H groups in total. The Bertz CT molecular complexity index is 1070. The summed E-state index contributed by atoms with van der Waals surface area (Å²) >= 11 is 0. The number of para-hydroxylation sites is 1. The number of hydrogen-bond acceptors (Lipinski definition) is 4. The fourth-order valence-electron chi connectivity index (χ4n) is 3.22. The van der Waals surface area contributed by atoms with Gasteiger partial charge in [0.05, 0.1) is 12.1 Å². The highest BCUT2D eigenvalue weighted by molar-refractivity contribution is 6.06. The van der Waals surface area contributed by atoms with Gasteiger partial charge in [0, 0.05) is 41.2 Å². The van der Waals surface area contributed by atoms with E-state index in [0.29, 0.717) is 35.0 Å². The van der Waals surface area contributed by atoms with Gasteiger partial charge in [0.1, 0.15) is 0 Å². The predicted octanol–water partition coefficient (Wildman–Crippen LogP) is 0.549. The minimum absolute atomic E-state index is 0.156.